The van der Waals surface area contributed by atoms with Crippen LogP contribution in [0.1, 0.15) is 18.3 Å². The van der Waals surface area contributed by atoms with E-state index in [9.17, 15) is 14.0 Å². The summed E-state index contributed by atoms with van der Waals surface area (Å²) in [5.74, 6) is -1.81. The van der Waals surface area contributed by atoms with Crippen LogP contribution in [0.15, 0.2) is 53.0 Å². The van der Waals surface area contributed by atoms with Gasteiger partial charge in [-0.15, -0.1) is 0 Å². The number of benzene rings is 2. The molecule has 1 saturated heterocycles. The molecule has 7 atom stereocenters. The molecule has 37 heavy (non-hydrogen) atoms. The van der Waals surface area contributed by atoms with E-state index in [1.54, 1.807) is 19.2 Å². The topological polar surface area (TPSA) is 101 Å². The fourth-order valence-corrected chi connectivity index (χ4v) is 6.31. The van der Waals surface area contributed by atoms with Crippen LogP contribution in [-0.2, 0) is 19.1 Å². The molecule has 5 rings (SSSR count). The molecule has 2 aliphatic carbocycles. The highest BCUT2D eigenvalue weighted by atomic mass is 79.9. The summed E-state index contributed by atoms with van der Waals surface area (Å²) in [4.78, 5) is 26.2. The van der Waals surface area contributed by atoms with Gasteiger partial charge in [-0.2, -0.15) is 0 Å². The van der Waals surface area contributed by atoms with E-state index in [0.29, 0.717) is 30.3 Å². The third-order valence-corrected chi connectivity index (χ3v) is 8.16. The van der Waals surface area contributed by atoms with Gasteiger partial charge < -0.3 is 30.7 Å². The van der Waals surface area contributed by atoms with Crippen LogP contribution in [0.25, 0.3) is 0 Å². The number of carbonyl (C=O) groups excluding carboxylic acids is 2. The molecule has 0 radical (unpaired) electrons. The molecular formula is C26H28BrFN4O4S. The van der Waals surface area contributed by atoms with E-state index in [2.05, 4.69) is 37.2 Å². The third-order valence-electron chi connectivity index (χ3n) is 7.39. The molecule has 7 unspecified atom stereocenters. The lowest BCUT2D eigenvalue weighted by atomic mass is 9.75. The molecule has 2 aromatic rings. The molecule has 1 aliphatic heterocycles. The van der Waals surface area contributed by atoms with Crippen molar-refractivity contribution in [2.24, 2.45) is 23.7 Å². The highest BCUT2D eigenvalue weighted by Crippen LogP contribution is 2.58. The molecule has 1 heterocycles. The summed E-state index contributed by atoms with van der Waals surface area (Å²) in [5, 5.41) is 12.0. The number of hydrogen-bond acceptors (Lipinski definition) is 5. The minimum absolute atomic E-state index is 0.0863. The number of halogens is 2. The maximum Gasteiger partial charge on any atom is 0.224 e. The van der Waals surface area contributed by atoms with Crippen molar-refractivity contribution in [3.05, 3.63) is 64.4 Å². The first kappa shape index (κ1) is 26.0. The van der Waals surface area contributed by atoms with Gasteiger partial charge in [-0.05, 0) is 55.0 Å². The van der Waals surface area contributed by atoms with Crippen molar-refractivity contribution in [2.45, 2.75) is 24.9 Å². The molecule has 2 aromatic carbocycles. The van der Waals surface area contributed by atoms with Crippen LogP contribution in [0, 0.1) is 29.5 Å². The number of hydrogen-bond donors (Lipinski definition) is 4. The summed E-state index contributed by atoms with van der Waals surface area (Å²) in [5.41, 5.74) is 1.57. The van der Waals surface area contributed by atoms with Crippen molar-refractivity contribution >= 4 is 50.8 Å². The quantitative estimate of drug-likeness (QED) is 0.290. The average molecular weight is 592 g/mol. The van der Waals surface area contributed by atoms with Crippen molar-refractivity contribution in [3.8, 4) is 0 Å². The summed E-state index contributed by atoms with van der Waals surface area (Å²) in [7, 11) is 1.59. The fraction of sp³-hybridized carbons (Fsp3) is 0.423. The highest BCUT2D eigenvalue weighted by molar-refractivity contribution is 9.10. The first-order chi connectivity index (χ1) is 17.9. The zero-order chi connectivity index (χ0) is 26.1. The molecule has 2 amide bonds. The lowest BCUT2D eigenvalue weighted by Crippen LogP contribution is -2.52. The molecule has 3 fully saturated rings. The number of ether oxygens (including phenoxy) is 2. The second kappa shape index (κ2) is 11.0. The Morgan fingerprint density at radius 1 is 0.946 bits per heavy atom. The van der Waals surface area contributed by atoms with E-state index < -0.39 is 18.1 Å². The molecule has 0 spiro atoms. The molecule has 11 heteroatoms. The standard InChI is InChI=1S/C26H28BrFN4O4S/c1-29-23(33)19-17-12-18(22-21(17)35-25(36-22)13-2-4-14(27)5-3-13)20(19)24(34)30-10-11-31-26(37)32-16-8-6-15(28)7-9-16/h2-9,17-22,25H,10-12H2,1H3,(H,29,33)(H,30,34)(H2,31,32,37). The molecule has 2 saturated carbocycles. The van der Waals surface area contributed by atoms with Crippen molar-refractivity contribution < 1.29 is 23.5 Å². The van der Waals surface area contributed by atoms with Crippen LogP contribution in [0.4, 0.5) is 10.1 Å². The summed E-state index contributed by atoms with van der Waals surface area (Å²) in [6.45, 7) is 0.715. The molecule has 196 valence electrons. The monoisotopic (exact) mass is 590 g/mol. The minimum atomic E-state index is -0.514. The number of thiocarbonyl (C=S) groups is 1. The molecular weight excluding hydrogens is 563 g/mol. The normalized spacial score (nSPS) is 29.4. The van der Waals surface area contributed by atoms with Crippen LogP contribution in [0.2, 0.25) is 0 Å². The van der Waals surface area contributed by atoms with E-state index in [4.69, 9.17) is 21.7 Å². The van der Waals surface area contributed by atoms with Gasteiger partial charge in [-0.3, -0.25) is 9.59 Å². The number of anilines is 1. The Kier molecular flexibility index (Phi) is 7.75. The molecule has 8 nitrogen and oxygen atoms in total. The Labute approximate surface area is 228 Å². The van der Waals surface area contributed by atoms with Gasteiger partial charge in [0.1, 0.15) is 5.82 Å². The molecule has 3 aliphatic rings. The predicted molar refractivity (Wildman–Crippen MR) is 143 cm³/mol. The number of carbonyl (C=O) groups is 2. The van der Waals surface area contributed by atoms with Crippen molar-refractivity contribution in [3.63, 3.8) is 0 Å². The van der Waals surface area contributed by atoms with Crippen molar-refractivity contribution in [1.29, 1.82) is 0 Å². The summed E-state index contributed by atoms with van der Waals surface area (Å²) < 4.78 is 26.6. The van der Waals surface area contributed by atoms with Crippen molar-refractivity contribution in [2.75, 3.05) is 25.5 Å². The number of fused-ring (bicyclic) bond motifs is 5. The lowest BCUT2D eigenvalue weighted by Gasteiger charge is -2.34. The second-order valence-electron chi connectivity index (χ2n) is 9.49. The maximum absolute atomic E-state index is 13.3. The maximum atomic E-state index is 13.3. The fourth-order valence-electron chi connectivity index (χ4n) is 5.83. The van der Waals surface area contributed by atoms with Gasteiger partial charge in [-0.25, -0.2) is 4.39 Å². The smallest absolute Gasteiger partial charge is 0.224 e. The Bertz CT molecular complexity index is 1170. The van der Waals surface area contributed by atoms with Crippen molar-refractivity contribution in [1.82, 2.24) is 16.0 Å². The van der Waals surface area contributed by atoms with Gasteiger partial charge in [0.2, 0.25) is 11.8 Å². The Balaban J connectivity index is 1.18. The molecule has 0 aromatic heterocycles. The Morgan fingerprint density at radius 3 is 2.16 bits per heavy atom. The van der Waals surface area contributed by atoms with Gasteiger partial charge in [0, 0.05) is 47.7 Å². The number of rotatable bonds is 7. The van der Waals surface area contributed by atoms with E-state index in [1.165, 1.54) is 12.1 Å². The van der Waals surface area contributed by atoms with E-state index in [-0.39, 0.29) is 41.7 Å². The first-order valence-electron chi connectivity index (χ1n) is 12.2. The minimum Gasteiger partial charge on any atom is -0.361 e. The number of nitrogens with one attached hydrogen (secondary N) is 4. The first-order valence-corrected chi connectivity index (χ1v) is 13.4. The van der Waals surface area contributed by atoms with Crippen LogP contribution in [0.3, 0.4) is 0 Å². The molecule has 4 N–H and O–H groups in total. The van der Waals surface area contributed by atoms with Crippen LogP contribution in [0.5, 0.6) is 0 Å². The summed E-state index contributed by atoms with van der Waals surface area (Å²) in [6, 6.07) is 13.6. The Morgan fingerprint density at radius 2 is 1.54 bits per heavy atom. The largest absolute Gasteiger partial charge is 0.361 e. The van der Waals surface area contributed by atoms with Crippen LogP contribution in [-0.4, -0.2) is 49.3 Å². The van der Waals surface area contributed by atoms with E-state index >= 15 is 0 Å². The predicted octanol–water partition coefficient (Wildman–Crippen LogP) is 3.10. The lowest BCUT2D eigenvalue weighted by molar-refractivity contribution is -0.140. The summed E-state index contributed by atoms with van der Waals surface area (Å²) in [6.07, 6.45) is -0.260. The Hall–Kier alpha value is -2.60. The summed E-state index contributed by atoms with van der Waals surface area (Å²) >= 11 is 8.70. The second-order valence-corrected chi connectivity index (χ2v) is 10.8. The third kappa shape index (κ3) is 5.36. The van der Waals surface area contributed by atoms with E-state index in [1.807, 2.05) is 24.3 Å². The van der Waals surface area contributed by atoms with Gasteiger partial charge in [0.15, 0.2) is 11.4 Å². The average Bonchev–Trinajstić information content (AvgIpc) is 3.58. The van der Waals surface area contributed by atoms with Crippen LogP contribution >= 0.6 is 28.1 Å². The van der Waals surface area contributed by atoms with Gasteiger partial charge in [0.25, 0.3) is 0 Å². The number of amides is 2. The van der Waals surface area contributed by atoms with Gasteiger partial charge in [0.05, 0.1) is 24.0 Å². The zero-order valence-electron chi connectivity index (χ0n) is 20.1. The SMILES string of the molecule is CNC(=O)C1C2CC(C3OC(c4ccc(Br)cc4)OC23)C1C(=O)NCCNC(=S)Nc1ccc(F)cc1. The highest BCUT2D eigenvalue weighted by Gasteiger charge is 2.66. The van der Waals surface area contributed by atoms with Crippen LogP contribution < -0.4 is 21.3 Å². The van der Waals surface area contributed by atoms with Gasteiger partial charge >= 0.3 is 0 Å². The molecule has 2 bridgehead atoms. The van der Waals surface area contributed by atoms with Gasteiger partial charge in [-0.1, -0.05) is 28.1 Å². The zero-order valence-corrected chi connectivity index (χ0v) is 22.5. The van der Waals surface area contributed by atoms with E-state index in [0.717, 1.165) is 10.0 Å².